The SMILES string of the molecule is CCC(CC)C(=O)NCCNC(=O)OCCCl. The van der Waals surface area contributed by atoms with Gasteiger partial charge in [-0.2, -0.15) is 0 Å². The third-order valence-electron chi connectivity index (χ3n) is 2.36. The van der Waals surface area contributed by atoms with Crippen LogP contribution in [0.4, 0.5) is 4.79 Å². The second-order valence-corrected chi connectivity index (χ2v) is 3.93. The topological polar surface area (TPSA) is 67.4 Å². The van der Waals surface area contributed by atoms with Crippen LogP contribution in [-0.2, 0) is 9.53 Å². The summed E-state index contributed by atoms with van der Waals surface area (Å²) >= 11 is 5.35. The number of hydrogen-bond donors (Lipinski definition) is 2. The summed E-state index contributed by atoms with van der Waals surface area (Å²) < 4.78 is 4.69. The van der Waals surface area contributed by atoms with Crippen molar-refractivity contribution >= 4 is 23.6 Å². The fourth-order valence-electron chi connectivity index (χ4n) is 1.34. The number of carbonyl (C=O) groups is 2. The smallest absolute Gasteiger partial charge is 0.407 e. The van der Waals surface area contributed by atoms with Crippen LogP contribution in [-0.4, -0.2) is 37.6 Å². The minimum absolute atomic E-state index is 0.0333. The van der Waals surface area contributed by atoms with Crippen molar-refractivity contribution in [3.8, 4) is 0 Å². The van der Waals surface area contributed by atoms with Gasteiger partial charge in [-0.15, -0.1) is 11.6 Å². The van der Waals surface area contributed by atoms with Crippen LogP contribution in [0.2, 0.25) is 0 Å². The average Bonchev–Trinajstić information content (AvgIpc) is 2.33. The Morgan fingerprint density at radius 1 is 1.18 bits per heavy atom. The molecule has 0 bridgehead atoms. The largest absolute Gasteiger partial charge is 0.448 e. The molecular weight excluding hydrogens is 244 g/mol. The van der Waals surface area contributed by atoms with Gasteiger partial charge in [0.15, 0.2) is 0 Å². The fourth-order valence-corrected chi connectivity index (χ4v) is 1.41. The summed E-state index contributed by atoms with van der Waals surface area (Å²) in [6, 6.07) is 0. The van der Waals surface area contributed by atoms with E-state index >= 15 is 0 Å². The Morgan fingerprint density at radius 3 is 2.29 bits per heavy atom. The number of rotatable bonds is 8. The van der Waals surface area contributed by atoms with Gasteiger partial charge in [0.25, 0.3) is 0 Å². The normalized spacial score (nSPS) is 10.1. The van der Waals surface area contributed by atoms with Crippen LogP contribution in [0.5, 0.6) is 0 Å². The molecule has 0 fully saturated rings. The van der Waals surface area contributed by atoms with Gasteiger partial charge in [-0.3, -0.25) is 4.79 Å². The van der Waals surface area contributed by atoms with E-state index in [4.69, 9.17) is 16.3 Å². The number of ether oxygens (including phenoxy) is 1. The van der Waals surface area contributed by atoms with Crippen LogP contribution in [0, 0.1) is 5.92 Å². The Labute approximate surface area is 107 Å². The molecule has 100 valence electrons. The first-order valence-electron chi connectivity index (χ1n) is 5.89. The molecule has 0 heterocycles. The number of hydrogen-bond acceptors (Lipinski definition) is 3. The molecule has 0 spiro atoms. The molecule has 0 aromatic rings. The highest BCUT2D eigenvalue weighted by Gasteiger charge is 2.12. The molecule has 0 saturated heterocycles. The van der Waals surface area contributed by atoms with Crippen LogP contribution in [0.15, 0.2) is 0 Å². The van der Waals surface area contributed by atoms with Crippen LogP contribution < -0.4 is 10.6 Å². The lowest BCUT2D eigenvalue weighted by atomic mass is 10.0. The zero-order valence-electron chi connectivity index (χ0n) is 10.4. The summed E-state index contributed by atoms with van der Waals surface area (Å²) in [6.45, 7) is 4.91. The lowest BCUT2D eigenvalue weighted by Crippen LogP contribution is -2.37. The van der Waals surface area contributed by atoms with E-state index < -0.39 is 6.09 Å². The molecular formula is C11H21ClN2O3. The molecule has 17 heavy (non-hydrogen) atoms. The maximum atomic E-state index is 11.5. The van der Waals surface area contributed by atoms with Crippen LogP contribution in [0.1, 0.15) is 26.7 Å². The maximum Gasteiger partial charge on any atom is 0.407 e. The number of alkyl carbamates (subject to hydrolysis) is 1. The summed E-state index contributed by atoms with van der Waals surface area (Å²) in [5.74, 6) is 0.364. The fraction of sp³-hybridized carbons (Fsp3) is 0.818. The minimum atomic E-state index is -0.512. The molecule has 0 radical (unpaired) electrons. The second-order valence-electron chi connectivity index (χ2n) is 3.56. The standard InChI is InChI=1S/C11H21ClN2O3/c1-3-9(4-2)10(15)13-6-7-14-11(16)17-8-5-12/h9H,3-8H2,1-2H3,(H,13,15)(H,14,16). The quantitative estimate of drug-likeness (QED) is 0.516. The molecule has 0 aromatic heterocycles. The van der Waals surface area contributed by atoms with Gasteiger partial charge in [0.05, 0.1) is 5.88 Å². The highest BCUT2D eigenvalue weighted by molar-refractivity contribution is 6.18. The van der Waals surface area contributed by atoms with E-state index in [0.29, 0.717) is 13.1 Å². The average molecular weight is 265 g/mol. The monoisotopic (exact) mass is 264 g/mol. The molecule has 0 unspecified atom stereocenters. The summed E-state index contributed by atoms with van der Waals surface area (Å²) in [6.07, 6.45) is 1.14. The van der Waals surface area contributed by atoms with Crippen molar-refractivity contribution in [2.24, 2.45) is 5.92 Å². The van der Waals surface area contributed by atoms with Crippen LogP contribution in [0.25, 0.3) is 0 Å². The predicted octanol–water partition coefficient (Wildman–Crippen LogP) is 1.50. The highest BCUT2D eigenvalue weighted by Crippen LogP contribution is 2.06. The third-order valence-corrected chi connectivity index (χ3v) is 2.51. The van der Waals surface area contributed by atoms with Gasteiger partial charge in [0.1, 0.15) is 6.61 Å². The van der Waals surface area contributed by atoms with E-state index in [1.807, 2.05) is 13.8 Å². The Bertz CT molecular complexity index is 233. The van der Waals surface area contributed by atoms with Gasteiger partial charge in [-0.05, 0) is 12.8 Å². The van der Waals surface area contributed by atoms with Crippen molar-refractivity contribution in [1.82, 2.24) is 10.6 Å². The molecule has 0 atom stereocenters. The number of alkyl halides is 1. The first kappa shape index (κ1) is 16.0. The molecule has 0 aliphatic heterocycles. The number of carbonyl (C=O) groups excluding carboxylic acids is 2. The Hall–Kier alpha value is -0.970. The van der Waals surface area contributed by atoms with Gasteiger partial charge in [-0.25, -0.2) is 4.79 Å². The molecule has 0 aliphatic carbocycles. The highest BCUT2D eigenvalue weighted by atomic mass is 35.5. The van der Waals surface area contributed by atoms with Crippen molar-refractivity contribution in [3.63, 3.8) is 0 Å². The van der Waals surface area contributed by atoms with Crippen molar-refractivity contribution < 1.29 is 14.3 Å². The first-order chi connectivity index (χ1) is 8.15. The van der Waals surface area contributed by atoms with Gasteiger partial charge in [0, 0.05) is 19.0 Å². The lowest BCUT2D eigenvalue weighted by Gasteiger charge is -2.12. The van der Waals surface area contributed by atoms with E-state index in [1.54, 1.807) is 0 Å². The molecule has 0 rings (SSSR count). The zero-order chi connectivity index (χ0) is 13.1. The van der Waals surface area contributed by atoms with E-state index in [1.165, 1.54) is 0 Å². The Kier molecular flexibility index (Phi) is 9.62. The Morgan fingerprint density at radius 2 is 1.76 bits per heavy atom. The van der Waals surface area contributed by atoms with Gasteiger partial charge in [-0.1, -0.05) is 13.8 Å². The van der Waals surface area contributed by atoms with E-state index in [0.717, 1.165) is 12.8 Å². The molecule has 2 N–H and O–H groups in total. The molecule has 0 saturated carbocycles. The third kappa shape index (κ3) is 7.85. The van der Waals surface area contributed by atoms with Crippen molar-refractivity contribution in [1.29, 1.82) is 0 Å². The van der Waals surface area contributed by atoms with E-state index in [-0.39, 0.29) is 24.3 Å². The summed E-state index contributed by atoms with van der Waals surface area (Å²) in [5.41, 5.74) is 0. The van der Waals surface area contributed by atoms with Crippen molar-refractivity contribution in [2.45, 2.75) is 26.7 Å². The predicted molar refractivity (Wildman–Crippen MR) is 67.2 cm³/mol. The van der Waals surface area contributed by atoms with Gasteiger partial charge in [0.2, 0.25) is 5.91 Å². The molecule has 6 heteroatoms. The van der Waals surface area contributed by atoms with E-state index in [9.17, 15) is 9.59 Å². The maximum absolute atomic E-state index is 11.5. The molecule has 0 aromatic carbocycles. The molecule has 0 aliphatic rings. The van der Waals surface area contributed by atoms with E-state index in [2.05, 4.69) is 10.6 Å². The van der Waals surface area contributed by atoms with Gasteiger partial charge < -0.3 is 15.4 Å². The zero-order valence-corrected chi connectivity index (χ0v) is 11.2. The Balaban J connectivity index is 3.57. The lowest BCUT2D eigenvalue weighted by molar-refractivity contribution is -0.125. The molecule has 2 amide bonds. The number of halogens is 1. The second kappa shape index (κ2) is 10.2. The van der Waals surface area contributed by atoms with Crippen molar-refractivity contribution in [3.05, 3.63) is 0 Å². The van der Waals surface area contributed by atoms with Gasteiger partial charge >= 0.3 is 6.09 Å². The molecule has 5 nitrogen and oxygen atoms in total. The summed E-state index contributed by atoms with van der Waals surface area (Å²) in [5, 5.41) is 5.27. The minimum Gasteiger partial charge on any atom is -0.448 e. The van der Waals surface area contributed by atoms with Crippen molar-refractivity contribution in [2.75, 3.05) is 25.6 Å². The first-order valence-corrected chi connectivity index (χ1v) is 6.43. The van der Waals surface area contributed by atoms with Crippen LogP contribution in [0.3, 0.4) is 0 Å². The summed E-state index contributed by atoms with van der Waals surface area (Å²) in [7, 11) is 0. The summed E-state index contributed by atoms with van der Waals surface area (Å²) in [4.78, 5) is 22.5. The number of amides is 2. The van der Waals surface area contributed by atoms with Crippen LogP contribution >= 0.6 is 11.6 Å². The number of nitrogens with one attached hydrogen (secondary N) is 2.